The first-order valence-corrected chi connectivity index (χ1v) is 7.94. The fourth-order valence-corrected chi connectivity index (χ4v) is 3.58. The average Bonchev–Trinajstić information content (AvgIpc) is 2.35. The summed E-state index contributed by atoms with van der Waals surface area (Å²) in [7, 11) is -3.25. The quantitative estimate of drug-likeness (QED) is 0.882. The molecule has 0 amide bonds. The molecule has 3 nitrogen and oxygen atoms in total. The molecule has 2 aromatic carbocycles. The van der Waals surface area contributed by atoms with E-state index in [-0.39, 0.29) is 11.5 Å². The van der Waals surface area contributed by atoms with E-state index >= 15 is 0 Å². The van der Waals surface area contributed by atoms with Crippen molar-refractivity contribution in [3.8, 4) is 0 Å². The van der Waals surface area contributed by atoms with Gasteiger partial charge in [0.25, 0.3) is 0 Å². The Balaban J connectivity index is 2.15. The van der Waals surface area contributed by atoms with Gasteiger partial charge in [-0.25, -0.2) is 8.42 Å². The van der Waals surface area contributed by atoms with Crippen LogP contribution >= 0.6 is 11.6 Å². The third-order valence-corrected chi connectivity index (χ3v) is 4.59. The number of hydrogen-bond acceptors (Lipinski definition) is 3. The number of nitrogen functional groups attached to an aromatic ring is 1. The van der Waals surface area contributed by atoms with Crippen molar-refractivity contribution in [1.82, 2.24) is 0 Å². The fourth-order valence-electron chi connectivity index (χ4n) is 1.77. The van der Waals surface area contributed by atoms with E-state index in [4.69, 9.17) is 17.3 Å². The Labute approximate surface area is 117 Å². The van der Waals surface area contributed by atoms with Crippen LogP contribution in [0, 0.1) is 0 Å². The third kappa shape index (κ3) is 3.98. The normalized spacial score (nSPS) is 11.4. The van der Waals surface area contributed by atoms with Crippen molar-refractivity contribution in [3.05, 3.63) is 64.7 Å². The topological polar surface area (TPSA) is 60.2 Å². The summed E-state index contributed by atoms with van der Waals surface area (Å²) in [5.74, 6) is -0.0739. The van der Waals surface area contributed by atoms with Crippen molar-refractivity contribution in [2.75, 3.05) is 5.73 Å². The van der Waals surface area contributed by atoms with Gasteiger partial charge in [-0.2, -0.15) is 0 Å². The number of sulfone groups is 1. The lowest BCUT2D eigenvalue weighted by Gasteiger charge is -2.06. The minimum Gasteiger partial charge on any atom is -0.399 e. The Morgan fingerprint density at radius 1 is 0.947 bits per heavy atom. The molecule has 0 bridgehead atoms. The molecule has 0 atom stereocenters. The summed E-state index contributed by atoms with van der Waals surface area (Å²) in [6.07, 6.45) is 0. The molecule has 0 fully saturated rings. The van der Waals surface area contributed by atoms with Gasteiger partial charge in [0.1, 0.15) is 0 Å². The predicted molar refractivity (Wildman–Crippen MR) is 78.6 cm³/mol. The first-order chi connectivity index (χ1) is 8.96. The van der Waals surface area contributed by atoms with Gasteiger partial charge >= 0.3 is 0 Å². The predicted octanol–water partition coefficient (Wildman–Crippen LogP) is 3.04. The van der Waals surface area contributed by atoms with Gasteiger partial charge in [0.15, 0.2) is 9.84 Å². The smallest absolute Gasteiger partial charge is 0.158 e. The molecule has 19 heavy (non-hydrogen) atoms. The highest BCUT2D eigenvalue weighted by atomic mass is 35.5. The van der Waals surface area contributed by atoms with Gasteiger partial charge in [0.05, 0.1) is 11.5 Å². The van der Waals surface area contributed by atoms with Crippen LogP contribution in [0.15, 0.2) is 48.5 Å². The SMILES string of the molecule is Nc1ccc(CS(=O)(=O)Cc2ccccc2Cl)cc1. The highest BCUT2D eigenvalue weighted by molar-refractivity contribution is 7.89. The van der Waals surface area contributed by atoms with Crippen LogP contribution in [0.25, 0.3) is 0 Å². The molecule has 2 aromatic rings. The molecule has 0 heterocycles. The Morgan fingerprint density at radius 3 is 2.21 bits per heavy atom. The van der Waals surface area contributed by atoms with Gasteiger partial charge < -0.3 is 5.73 Å². The Bertz CT molecular complexity index is 666. The average molecular weight is 296 g/mol. The molecule has 0 saturated carbocycles. The number of rotatable bonds is 4. The van der Waals surface area contributed by atoms with Gasteiger partial charge in [-0.3, -0.25) is 0 Å². The number of anilines is 1. The Morgan fingerprint density at radius 2 is 1.58 bits per heavy atom. The zero-order valence-corrected chi connectivity index (χ0v) is 11.8. The van der Waals surface area contributed by atoms with E-state index in [0.29, 0.717) is 16.3 Å². The Kier molecular flexibility index (Phi) is 4.12. The second kappa shape index (κ2) is 5.63. The summed E-state index contributed by atoms with van der Waals surface area (Å²) in [6.45, 7) is 0. The molecule has 5 heteroatoms. The van der Waals surface area contributed by atoms with Crippen LogP contribution in [-0.4, -0.2) is 8.42 Å². The van der Waals surface area contributed by atoms with E-state index in [1.54, 1.807) is 48.5 Å². The van der Waals surface area contributed by atoms with Gasteiger partial charge in [0.2, 0.25) is 0 Å². The van der Waals surface area contributed by atoms with Crippen LogP contribution in [-0.2, 0) is 21.3 Å². The van der Waals surface area contributed by atoms with E-state index in [2.05, 4.69) is 0 Å². The third-order valence-electron chi connectivity index (χ3n) is 2.70. The van der Waals surface area contributed by atoms with Crippen LogP contribution in [0.5, 0.6) is 0 Å². The number of halogens is 1. The minimum atomic E-state index is -3.25. The van der Waals surface area contributed by atoms with Crippen molar-refractivity contribution in [3.63, 3.8) is 0 Å². The fraction of sp³-hybridized carbons (Fsp3) is 0.143. The van der Waals surface area contributed by atoms with E-state index in [1.807, 2.05) is 0 Å². The summed E-state index contributed by atoms with van der Waals surface area (Å²) in [4.78, 5) is 0. The molecule has 0 spiro atoms. The lowest BCUT2D eigenvalue weighted by atomic mass is 10.2. The molecule has 0 aliphatic carbocycles. The largest absolute Gasteiger partial charge is 0.399 e. The number of benzene rings is 2. The molecular weight excluding hydrogens is 282 g/mol. The summed E-state index contributed by atoms with van der Waals surface area (Å²) in [5, 5.41) is 0.475. The zero-order chi connectivity index (χ0) is 13.9. The van der Waals surface area contributed by atoms with E-state index in [1.165, 1.54) is 0 Å². The number of nitrogens with two attached hydrogens (primary N) is 1. The zero-order valence-electron chi connectivity index (χ0n) is 10.2. The monoisotopic (exact) mass is 295 g/mol. The minimum absolute atomic E-state index is 0.0154. The maximum absolute atomic E-state index is 12.1. The molecule has 0 aliphatic heterocycles. The molecule has 100 valence electrons. The van der Waals surface area contributed by atoms with Gasteiger partial charge in [-0.1, -0.05) is 41.9 Å². The van der Waals surface area contributed by atoms with Crippen LogP contribution in [0.3, 0.4) is 0 Å². The maximum atomic E-state index is 12.1. The van der Waals surface area contributed by atoms with Crippen molar-refractivity contribution >= 4 is 27.1 Å². The van der Waals surface area contributed by atoms with E-state index in [9.17, 15) is 8.42 Å². The molecule has 2 N–H and O–H groups in total. The van der Waals surface area contributed by atoms with E-state index < -0.39 is 9.84 Å². The molecule has 0 unspecified atom stereocenters. The summed E-state index contributed by atoms with van der Waals surface area (Å²) in [5.41, 5.74) is 7.53. The lowest BCUT2D eigenvalue weighted by molar-refractivity contribution is 0.594. The first-order valence-electron chi connectivity index (χ1n) is 5.74. The van der Waals surface area contributed by atoms with Crippen LogP contribution in [0.1, 0.15) is 11.1 Å². The lowest BCUT2D eigenvalue weighted by Crippen LogP contribution is -2.08. The standard InChI is InChI=1S/C14H14ClNO2S/c15-14-4-2-1-3-12(14)10-19(17,18)9-11-5-7-13(16)8-6-11/h1-8H,9-10,16H2. The van der Waals surface area contributed by atoms with Crippen LogP contribution in [0.4, 0.5) is 5.69 Å². The highest BCUT2D eigenvalue weighted by Crippen LogP contribution is 2.20. The highest BCUT2D eigenvalue weighted by Gasteiger charge is 2.14. The molecule has 0 aromatic heterocycles. The molecule has 0 saturated heterocycles. The van der Waals surface area contributed by atoms with Crippen molar-refractivity contribution in [2.45, 2.75) is 11.5 Å². The van der Waals surface area contributed by atoms with Crippen LogP contribution in [0.2, 0.25) is 5.02 Å². The van der Waals surface area contributed by atoms with Crippen molar-refractivity contribution in [2.24, 2.45) is 0 Å². The first kappa shape index (κ1) is 13.9. The van der Waals surface area contributed by atoms with Crippen molar-refractivity contribution < 1.29 is 8.42 Å². The molecule has 0 radical (unpaired) electrons. The molecule has 0 aliphatic rings. The molecular formula is C14H14ClNO2S. The van der Waals surface area contributed by atoms with Gasteiger partial charge in [-0.15, -0.1) is 0 Å². The van der Waals surface area contributed by atoms with Gasteiger partial charge in [0, 0.05) is 10.7 Å². The van der Waals surface area contributed by atoms with Crippen molar-refractivity contribution in [1.29, 1.82) is 0 Å². The summed E-state index contributed by atoms with van der Waals surface area (Å²) < 4.78 is 24.2. The number of hydrogen-bond donors (Lipinski definition) is 1. The van der Waals surface area contributed by atoms with Gasteiger partial charge in [-0.05, 0) is 29.3 Å². The second-order valence-electron chi connectivity index (χ2n) is 4.37. The molecule has 2 rings (SSSR count). The maximum Gasteiger partial charge on any atom is 0.158 e. The Hall–Kier alpha value is -1.52. The summed E-state index contributed by atoms with van der Waals surface area (Å²) in [6, 6.07) is 13.8. The van der Waals surface area contributed by atoms with Crippen LogP contribution < -0.4 is 5.73 Å². The summed E-state index contributed by atoms with van der Waals surface area (Å²) >= 11 is 5.97. The second-order valence-corrected chi connectivity index (χ2v) is 6.84. The van der Waals surface area contributed by atoms with E-state index in [0.717, 1.165) is 5.56 Å².